The molecule has 0 aromatic carbocycles. The molecule has 0 saturated heterocycles. The van der Waals surface area contributed by atoms with Crippen LogP contribution >= 0.6 is 11.3 Å². The molecule has 0 N–H and O–H groups in total. The summed E-state index contributed by atoms with van der Waals surface area (Å²) in [6, 6.07) is 2.11. The zero-order valence-electron chi connectivity index (χ0n) is 10.9. The van der Waals surface area contributed by atoms with Gasteiger partial charge >= 0.3 is 0 Å². The van der Waals surface area contributed by atoms with Crippen LogP contribution in [0.5, 0.6) is 0 Å². The first-order valence-electron chi connectivity index (χ1n) is 6.47. The first-order valence-corrected chi connectivity index (χ1v) is 7.35. The monoisotopic (exact) mass is 276 g/mol. The second-order valence-electron chi connectivity index (χ2n) is 4.87. The third-order valence-electron chi connectivity index (χ3n) is 3.59. The zero-order chi connectivity index (χ0) is 13.2. The Morgan fingerprint density at radius 2 is 2.47 bits per heavy atom. The fourth-order valence-electron chi connectivity index (χ4n) is 2.39. The zero-order valence-corrected chi connectivity index (χ0v) is 11.7. The van der Waals surface area contributed by atoms with Gasteiger partial charge in [0.15, 0.2) is 0 Å². The minimum absolute atomic E-state index is 0.222. The number of nitrogens with zero attached hydrogens (tertiary/aromatic N) is 2. The van der Waals surface area contributed by atoms with Crippen LogP contribution in [0, 0.1) is 6.92 Å². The van der Waals surface area contributed by atoms with Crippen molar-refractivity contribution in [3.8, 4) is 0 Å². The Kier molecular flexibility index (Phi) is 3.38. The number of carbonyl (C=O) groups is 1. The molecule has 2 aromatic rings. The van der Waals surface area contributed by atoms with Gasteiger partial charge in [-0.05, 0) is 30.4 Å². The fraction of sp³-hybridized carbons (Fsp3) is 0.429. The van der Waals surface area contributed by atoms with Crippen molar-refractivity contribution < 1.29 is 9.32 Å². The van der Waals surface area contributed by atoms with Crippen LogP contribution in [-0.4, -0.2) is 22.5 Å². The Hall–Kier alpha value is -1.62. The van der Waals surface area contributed by atoms with Crippen molar-refractivity contribution in [2.75, 3.05) is 6.54 Å². The number of aromatic nitrogens is 1. The molecule has 4 nitrogen and oxygen atoms in total. The molecule has 0 atom stereocenters. The van der Waals surface area contributed by atoms with Crippen molar-refractivity contribution in [1.82, 2.24) is 10.1 Å². The largest absolute Gasteiger partial charge is 0.361 e. The van der Waals surface area contributed by atoms with Gasteiger partial charge in [0, 0.05) is 29.8 Å². The second kappa shape index (κ2) is 5.17. The lowest BCUT2D eigenvalue weighted by atomic mass is 10.1. The maximum atomic E-state index is 12.2. The van der Waals surface area contributed by atoms with Crippen molar-refractivity contribution in [2.24, 2.45) is 0 Å². The third kappa shape index (κ3) is 2.56. The maximum Gasteiger partial charge on any atom is 0.223 e. The van der Waals surface area contributed by atoms with E-state index in [0.29, 0.717) is 13.0 Å². The molecular weight excluding hydrogens is 260 g/mol. The summed E-state index contributed by atoms with van der Waals surface area (Å²) in [5, 5.41) is 5.87. The lowest BCUT2D eigenvalue weighted by Gasteiger charge is -2.25. The van der Waals surface area contributed by atoms with E-state index >= 15 is 0 Å². The van der Waals surface area contributed by atoms with Crippen molar-refractivity contribution in [1.29, 1.82) is 0 Å². The molecular formula is C14H16N2O2S. The van der Waals surface area contributed by atoms with Crippen molar-refractivity contribution >= 4 is 17.2 Å². The van der Waals surface area contributed by atoms with E-state index in [9.17, 15) is 4.79 Å². The third-order valence-corrected chi connectivity index (χ3v) is 4.67. The number of aryl methyl sites for hydroxylation is 2. The molecule has 1 aliphatic rings. The summed E-state index contributed by atoms with van der Waals surface area (Å²) in [4.78, 5) is 15.4. The standard InChI is InChI=1S/C14H16N2O2S/c1-10-5-7-19-13(10)2-3-14(17)16-6-4-12-11(9-16)8-15-18-12/h5,7-8H,2-4,6,9H2,1H3. The number of amides is 1. The molecule has 3 heterocycles. The Bertz CT molecular complexity index is 588. The van der Waals surface area contributed by atoms with Gasteiger partial charge in [0.25, 0.3) is 0 Å². The van der Waals surface area contributed by atoms with Gasteiger partial charge in [-0.3, -0.25) is 4.79 Å². The molecule has 0 spiro atoms. The van der Waals surface area contributed by atoms with Crippen molar-refractivity contribution in [3.63, 3.8) is 0 Å². The Morgan fingerprint density at radius 1 is 1.58 bits per heavy atom. The number of rotatable bonds is 3. The predicted octanol–water partition coefficient (Wildman–Crippen LogP) is 2.56. The molecule has 19 heavy (non-hydrogen) atoms. The molecule has 100 valence electrons. The van der Waals surface area contributed by atoms with E-state index < -0.39 is 0 Å². The molecule has 0 fully saturated rings. The highest BCUT2D eigenvalue weighted by molar-refractivity contribution is 7.10. The number of fused-ring (bicyclic) bond motifs is 1. The Labute approximate surface area is 116 Å². The highest BCUT2D eigenvalue weighted by atomic mass is 32.1. The van der Waals surface area contributed by atoms with E-state index in [1.54, 1.807) is 17.5 Å². The lowest BCUT2D eigenvalue weighted by Crippen LogP contribution is -2.35. The number of hydrogen-bond donors (Lipinski definition) is 0. The van der Waals surface area contributed by atoms with Gasteiger partial charge < -0.3 is 9.42 Å². The lowest BCUT2D eigenvalue weighted by molar-refractivity contribution is -0.132. The van der Waals surface area contributed by atoms with Crippen LogP contribution in [0.2, 0.25) is 0 Å². The van der Waals surface area contributed by atoms with E-state index in [2.05, 4.69) is 23.5 Å². The summed E-state index contributed by atoms with van der Waals surface area (Å²) < 4.78 is 5.13. The summed E-state index contributed by atoms with van der Waals surface area (Å²) in [6.07, 6.45) is 3.93. The van der Waals surface area contributed by atoms with Crippen molar-refractivity contribution in [2.45, 2.75) is 32.7 Å². The molecule has 5 heteroatoms. The first kappa shape index (κ1) is 12.4. The molecule has 1 aliphatic heterocycles. The average Bonchev–Trinajstić information content (AvgIpc) is 3.03. The smallest absolute Gasteiger partial charge is 0.223 e. The van der Waals surface area contributed by atoms with E-state index in [-0.39, 0.29) is 5.91 Å². The van der Waals surface area contributed by atoms with Crippen LogP contribution in [0.15, 0.2) is 22.2 Å². The van der Waals surface area contributed by atoms with Gasteiger partial charge in [0.2, 0.25) is 5.91 Å². The minimum atomic E-state index is 0.222. The van der Waals surface area contributed by atoms with E-state index in [4.69, 9.17) is 4.52 Å². The number of thiophene rings is 1. The topological polar surface area (TPSA) is 46.3 Å². The van der Waals surface area contributed by atoms with Crippen LogP contribution in [0.4, 0.5) is 0 Å². The van der Waals surface area contributed by atoms with Crippen LogP contribution < -0.4 is 0 Å². The minimum Gasteiger partial charge on any atom is -0.361 e. The maximum absolute atomic E-state index is 12.2. The quantitative estimate of drug-likeness (QED) is 0.865. The second-order valence-corrected chi connectivity index (χ2v) is 5.87. The van der Waals surface area contributed by atoms with Gasteiger partial charge in [-0.2, -0.15) is 0 Å². The Morgan fingerprint density at radius 3 is 3.26 bits per heavy atom. The SMILES string of the molecule is Cc1ccsc1CCC(=O)N1CCc2oncc2C1. The summed E-state index contributed by atoms with van der Waals surface area (Å²) in [5.41, 5.74) is 2.34. The van der Waals surface area contributed by atoms with Gasteiger partial charge in [-0.1, -0.05) is 5.16 Å². The average molecular weight is 276 g/mol. The van der Waals surface area contributed by atoms with Crippen LogP contribution in [-0.2, 0) is 24.2 Å². The van der Waals surface area contributed by atoms with Gasteiger partial charge in [0.05, 0.1) is 12.7 Å². The van der Waals surface area contributed by atoms with Gasteiger partial charge in [-0.15, -0.1) is 11.3 Å². The van der Waals surface area contributed by atoms with E-state index in [1.807, 2.05) is 4.90 Å². The Balaban J connectivity index is 1.58. The predicted molar refractivity (Wildman–Crippen MR) is 73.0 cm³/mol. The molecule has 0 saturated carbocycles. The number of hydrogen-bond acceptors (Lipinski definition) is 4. The highest BCUT2D eigenvalue weighted by Crippen LogP contribution is 2.21. The molecule has 2 aromatic heterocycles. The fourth-order valence-corrected chi connectivity index (χ4v) is 3.30. The van der Waals surface area contributed by atoms with Crippen LogP contribution in [0.3, 0.4) is 0 Å². The summed E-state index contributed by atoms with van der Waals surface area (Å²) >= 11 is 1.73. The van der Waals surface area contributed by atoms with Crippen LogP contribution in [0.25, 0.3) is 0 Å². The summed E-state index contributed by atoms with van der Waals surface area (Å²) in [5.74, 6) is 1.15. The molecule has 0 radical (unpaired) electrons. The van der Waals surface area contributed by atoms with Gasteiger partial charge in [0.1, 0.15) is 5.76 Å². The molecule has 0 unspecified atom stereocenters. The first-order chi connectivity index (χ1) is 9.24. The van der Waals surface area contributed by atoms with Crippen molar-refractivity contribution in [3.05, 3.63) is 39.4 Å². The van der Waals surface area contributed by atoms with Gasteiger partial charge in [-0.25, -0.2) is 0 Å². The molecule has 1 amide bonds. The van der Waals surface area contributed by atoms with E-state index in [1.165, 1.54) is 10.4 Å². The highest BCUT2D eigenvalue weighted by Gasteiger charge is 2.23. The molecule has 0 bridgehead atoms. The summed E-state index contributed by atoms with van der Waals surface area (Å²) in [7, 11) is 0. The molecule has 3 rings (SSSR count). The summed E-state index contributed by atoms with van der Waals surface area (Å²) in [6.45, 7) is 3.48. The number of carbonyl (C=O) groups excluding carboxylic acids is 1. The van der Waals surface area contributed by atoms with Crippen LogP contribution in [0.1, 0.15) is 28.2 Å². The normalized spacial score (nSPS) is 14.5. The van der Waals surface area contributed by atoms with E-state index in [0.717, 1.165) is 30.7 Å². The molecule has 0 aliphatic carbocycles.